The lowest BCUT2D eigenvalue weighted by Gasteiger charge is -2.19. The van der Waals surface area contributed by atoms with Crippen LogP contribution in [0.1, 0.15) is 26.2 Å². The van der Waals surface area contributed by atoms with Crippen molar-refractivity contribution < 1.29 is 13.9 Å². The van der Waals surface area contributed by atoms with Gasteiger partial charge in [0.2, 0.25) is 5.91 Å². The maximum atomic E-state index is 13.6. The number of nitrogens with one attached hydrogen (secondary N) is 2. The maximum absolute atomic E-state index is 13.6. The van der Waals surface area contributed by atoms with Gasteiger partial charge in [-0.1, -0.05) is 37.4 Å². The molecule has 4 rings (SSSR count). The number of carbonyl (C=O) groups excluding carboxylic acids is 1. The molecule has 3 aromatic rings. The van der Waals surface area contributed by atoms with Crippen molar-refractivity contribution >= 4 is 45.6 Å². The summed E-state index contributed by atoms with van der Waals surface area (Å²) in [5, 5.41) is 6.80. The van der Waals surface area contributed by atoms with Gasteiger partial charge in [-0.3, -0.25) is 4.79 Å². The molecule has 2 aromatic carbocycles. The molecule has 7 nitrogen and oxygen atoms in total. The van der Waals surface area contributed by atoms with Crippen LogP contribution in [0.25, 0.3) is 10.9 Å². The van der Waals surface area contributed by atoms with Gasteiger partial charge in [0.25, 0.3) is 0 Å². The van der Waals surface area contributed by atoms with Gasteiger partial charge in [-0.15, -0.1) is 0 Å². The predicted octanol–water partition coefficient (Wildman–Crippen LogP) is 6.04. The summed E-state index contributed by atoms with van der Waals surface area (Å²) in [6, 6.07) is 7.97. The molecule has 36 heavy (non-hydrogen) atoms. The van der Waals surface area contributed by atoms with E-state index in [1.165, 1.54) is 37.4 Å². The summed E-state index contributed by atoms with van der Waals surface area (Å²) in [6.45, 7) is 3.49. The summed E-state index contributed by atoms with van der Waals surface area (Å²) in [5.74, 6) is 1.39. The number of anilines is 3. The molecule has 0 radical (unpaired) electrons. The lowest BCUT2D eigenvalue weighted by Crippen LogP contribution is -2.16. The first-order valence-corrected chi connectivity index (χ1v) is 12.4. The zero-order valence-corrected chi connectivity index (χ0v) is 21.5. The molecule has 0 aliphatic heterocycles. The van der Waals surface area contributed by atoms with Gasteiger partial charge in [0.05, 0.1) is 22.8 Å². The van der Waals surface area contributed by atoms with E-state index < -0.39 is 5.82 Å². The minimum absolute atomic E-state index is 0.00709. The number of ether oxygens (including phenoxy) is 1. The van der Waals surface area contributed by atoms with Gasteiger partial charge in [0.15, 0.2) is 0 Å². The van der Waals surface area contributed by atoms with Crippen LogP contribution < -0.4 is 15.4 Å². The van der Waals surface area contributed by atoms with Crippen molar-refractivity contribution in [2.24, 2.45) is 11.8 Å². The fourth-order valence-corrected chi connectivity index (χ4v) is 4.50. The summed E-state index contributed by atoms with van der Waals surface area (Å²) in [6.07, 6.45) is 8.31. The van der Waals surface area contributed by atoms with Crippen LogP contribution in [0.15, 0.2) is 48.8 Å². The van der Waals surface area contributed by atoms with E-state index in [0.717, 1.165) is 6.42 Å². The Morgan fingerprint density at radius 3 is 2.81 bits per heavy atom. The molecule has 2 unspecified atom stereocenters. The van der Waals surface area contributed by atoms with Crippen LogP contribution in [-0.2, 0) is 4.79 Å². The van der Waals surface area contributed by atoms with Gasteiger partial charge in [-0.2, -0.15) is 0 Å². The van der Waals surface area contributed by atoms with E-state index in [9.17, 15) is 9.18 Å². The topological polar surface area (TPSA) is 79.4 Å². The van der Waals surface area contributed by atoms with Crippen LogP contribution in [0, 0.1) is 17.7 Å². The average Bonchev–Trinajstić information content (AvgIpc) is 3.25. The Hall–Kier alpha value is -3.23. The summed E-state index contributed by atoms with van der Waals surface area (Å²) >= 11 is 5.94. The number of halogens is 2. The molecule has 190 valence electrons. The standard InChI is InChI=1S/C27H31ClFN5O2/c1-17-6-4-7-18(17)15-36-25-14-23-20(13-24(25)33-26(35)8-5-11-34(2)3)27(31-16-30-23)32-19-9-10-22(29)21(28)12-19/h5,8-10,12-14,16-18H,4,6-7,11,15H2,1-3H3,(H,33,35)(H,30,31,32)/b8-5+. The highest BCUT2D eigenvalue weighted by Crippen LogP contribution is 2.36. The number of benzene rings is 2. The van der Waals surface area contributed by atoms with Crippen LogP contribution in [0.3, 0.4) is 0 Å². The van der Waals surface area contributed by atoms with Crippen molar-refractivity contribution in [2.75, 3.05) is 37.9 Å². The fraction of sp³-hybridized carbons (Fsp3) is 0.370. The number of hydrogen-bond donors (Lipinski definition) is 2. The second-order valence-corrected chi connectivity index (χ2v) is 9.88. The Balaban J connectivity index is 1.65. The molecule has 2 atom stereocenters. The summed E-state index contributed by atoms with van der Waals surface area (Å²) in [4.78, 5) is 23.4. The van der Waals surface area contributed by atoms with Crippen LogP contribution in [0.4, 0.5) is 21.6 Å². The van der Waals surface area contributed by atoms with Gasteiger partial charge in [-0.25, -0.2) is 14.4 Å². The average molecular weight is 512 g/mol. The van der Waals surface area contributed by atoms with E-state index in [2.05, 4.69) is 27.5 Å². The maximum Gasteiger partial charge on any atom is 0.248 e. The zero-order chi connectivity index (χ0) is 25.7. The number of amides is 1. The summed E-state index contributed by atoms with van der Waals surface area (Å²) in [5.41, 5.74) is 1.76. The van der Waals surface area contributed by atoms with Gasteiger partial charge in [-0.05, 0) is 56.6 Å². The third kappa shape index (κ3) is 6.50. The minimum atomic E-state index is -0.500. The number of aromatic nitrogens is 2. The number of hydrogen-bond acceptors (Lipinski definition) is 6. The first kappa shape index (κ1) is 25.9. The van der Waals surface area contributed by atoms with Crippen molar-refractivity contribution in [1.29, 1.82) is 0 Å². The number of carbonyl (C=O) groups is 1. The second-order valence-electron chi connectivity index (χ2n) is 9.47. The molecule has 0 saturated heterocycles. The highest BCUT2D eigenvalue weighted by atomic mass is 35.5. The number of nitrogens with zero attached hydrogens (tertiary/aromatic N) is 3. The first-order valence-electron chi connectivity index (χ1n) is 12.1. The van der Waals surface area contributed by atoms with Crippen LogP contribution in [0.5, 0.6) is 5.75 Å². The molecule has 1 aliphatic carbocycles. The molecule has 0 spiro atoms. The Bertz CT molecular complexity index is 1270. The molecule has 9 heteroatoms. The highest BCUT2D eigenvalue weighted by molar-refractivity contribution is 6.31. The zero-order valence-electron chi connectivity index (χ0n) is 20.7. The third-order valence-electron chi connectivity index (χ3n) is 6.41. The van der Waals surface area contributed by atoms with E-state index in [0.29, 0.717) is 58.8 Å². The molecule has 1 aromatic heterocycles. The summed E-state index contributed by atoms with van der Waals surface area (Å²) in [7, 11) is 3.87. The molecule has 1 saturated carbocycles. The Kier molecular flexibility index (Phi) is 8.38. The third-order valence-corrected chi connectivity index (χ3v) is 6.70. The molecule has 0 bridgehead atoms. The molecule has 1 amide bonds. The highest BCUT2D eigenvalue weighted by Gasteiger charge is 2.24. The molecule has 1 heterocycles. The van der Waals surface area contributed by atoms with Gasteiger partial charge in [0.1, 0.15) is 23.7 Å². The Morgan fingerprint density at radius 1 is 1.25 bits per heavy atom. The Morgan fingerprint density at radius 2 is 2.08 bits per heavy atom. The van der Waals surface area contributed by atoms with Crippen molar-refractivity contribution in [1.82, 2.24) is 14.9 Å². The second kappa shape index (κ2) is 11.7. The number of rotatable bonds is 9. The van der Waals surface area contributed by atoms with Gasteiger partial charge >= 0.3 is 0 Å². The van der Waals surface area contributed by atoms with Crippen molar-refractivity contribution in [3.05, 3.63) is 59.7 Å². The normalized spacial score (nSPS) is 17.7. The fourth-order valence-electron chi connectivity index (χ4n) is 4.32. The molecule has 1 fully saturated rings. The number of fused-ring (bicyclic) bond motifs is 1. The smallest absolute Gasteiger partial charge is 0.248 e. The van der Waals surface area contributed by atoms with E-state index in [-0.39, 0.29) is 10.9 Å². The van der Waals surface area contributed by atoms with Crippen molar-refractivity contribution in [2.45, 2.75) is 26.2 Å². The SMILES string of the molecule is CC1CCCC1COc1cc2ncnc(Nc3ccc(F)c(Cl)c3)c2cc1NC(=O)/C=C/CN(C)C. The van der Waals surface area contributed by atoms with Crippen molar-refractivity contribution in [3.63, 3.8) is 0 Å². The minimum Gasteiger partial charge on any atom is -0.491 e. The van der Waals surface area contributed by atoms with E-state index in [4.69, 9.17) is 16.3 Å². The summed E-state index contributed by atoms with van der Waals surface area (Å²) < 4.78 is 19.8. The number of likely N-dealkylation sites (N-methyl/N-ethyl adjacent to an activating group) is 1. The lowest BCUT2D eigenvalue weighted by atomic mass is 9.99. The lowest BCUT2D eigenvalue weighted by molar-refractivity contribution is -0.111. The van der Waals surface area contributed by atoms with Gasteiger partial charge < -0.3 is 20.3 Å². The molecular formula is C27H31ClFN5O2. The largest absolute Gasteiger partial charge is 0.491 e. The van der Waals surface area contributed by atoms with Crippen molar-refractivity contribution in [3.8, 4) is 5.75 Å². The quantitative estimate of drug-likeness (QED) is 0.341. The van der Waals surface area contributed by atoms with Crippen LogP contribution in [0.2, 0.25) is 5.02 Å². The Labute approximate surface area is 215 Å². The van der Waals surface area contributed by atoms with Gasteiger partial charge in [0, 0.05) is 29.8 Å². The predicted molar refractivity (Wildman–Crippen MR) is 143 cm³/mol. The first-order chi connectivity index (χ1) is 17.3. The molecular weight excluding hydrogens is 481 g/mol. The van der Waals surface area contributed by atoms with Crippen LogP contribution >= 0.6 is 11.6 Å². The van der Waals surface area contributed by atoms with E-state index >= 15 is 0 Å². The van der Waals surface area contributed by atoms with Crippen LogP contribution in [-0.4, -0.2) is 48.0 Å². The molecule has 1 aliphatic rings. The van der Waals surface area contributed by atoms with E-state index in [1.807, 2.05) is 25.1 Å². The van der Waals surface area contributed by atoms with E-state index in [1.54, 1.807) is 18.2 Å². The molecule has 2 N–H and O–H groups in total. The monoisotopic (exact) mass is 511 g/mol.